The van der Waals surface area contributed by atoms with Gasteiger partial charge in [0.15, 0.2) is 0 Å². The molecule has 0 saturated heterocycles. The topological polar surface area (TPSA) is 32.3 Å². The molecular weight excluding hydrogens is 279 g/mol. The highest BCUT2D eigenvalue weighted by molar-refractivity contribution is 6.33. The lowest BCUT2D eigenvalue weighted by atomic mass is 10.2. The standard InChI is InChI=1S/C15H12ClFN2O/c16-11-5-3-6-12(17)14(11)18-15(20)19-9-8-10-4-1-2-7-13(10)19/h1-7H,8-9H2,(H,18,20). The molecule has 1 aliphatic heterocycles. The maximum absolute atomic E-state index is 13.7. The molecule has 20 heavy (non-hydrogen) atoms. The zero-order valence-electron chi connectivity index (χ0n) is 10.6. The van der Waals surface area contributed by atoms with Gasteiger partial charge in [-0.3, -0.25) is 4.90 Å². The Hall–Kier alpha value is -2.07. The number of fused-ring (bicyclic) bond motifs is 1. The zero-order chi connectivity index (χ0) is 14.1. The fraction of sp³-hybridized carbons (Fsp3) is 0.133. The van der Waals surface area contributed by atoms with Crippen LogP contribution in [0, 0.1) is 5.82 Å². The third kappa shape index (κ3) is 2.23. The molecule has 1 N–H and O–H groups in total. The molecule has 0 aromatic heterocycles. The summed E-state index contributed by atoms with van der Waals surface area (Å²) in [5, 5.41) is 2.73. The fourth-order valence-electron chi connectivity index (χ4n) is 2.34. The smallest absolute Gasteiger partial charge is 0.304 e. The van der Waals surface area contributed by atoms with E-state index >= 15 is 0 Å². The first-order chi connectivity index (χ1) is 9.66. The Morgan fingerprint density at radius 2 is 2.00 bits per heavy atom. The molecule has 0 bridgehead atoms. The number of hydrogen-bond donors (Lipinski definition) is 1. The summed E-state index contributed by atoms with van der Waals surface area (Å²) in [5.74, 6) is -0.543. The fourth-order valence-corrected chi connectivity index (χ4v) is 2.55. The van der Waals surface area contributed by atoms with Crippen LogP contribution in [-0.2, 0) is 6.42 Å². The van der Waals surface area contributed by atoms with Crippen LogP contribution in [0.25, 0.3) is 0 Å². The number of benzene rings is 2. The minimum atomic E-state index is -0.543. The SMILES string of the molecule is O=C(Nc1c(F)cccc1Cl)N1CCc2ccccc21. The zero-order valence-corrected chi connectivity index (χ0v) is 11.3. The largest absolute Gasteiger partial charge is 0.326 e. The number of anilines is 2. The van der Waals surface area contributed by atoms with E-state index in [9.17, 15) is 9.18 Å². The van der Waals surface area contributed by atoms with Crippen LogP contribution in [0.3, 0.4) is 0 Å². The summed E-state index contributed by atoms with van der Waals surface area (Å²) in [7, 11) is 0. The van der Waals surface area contributed by atoms with Gasteiger partial charge in [0.25, 0.3) is 0 Å². The number of carbonyl (C=O) groups excluding carboxylic acids is 1. The summed E-state index contributed by atoms with van der Waals surface area (Å²) in [5.41, 5.74) is 1.99. The highest BCUT2D eigenvalue weighted by Crippen LogP contribution is 2.30. The number of carbonyl (C=O) groups is 1. The number of hydrogen-bond acceptors (Lipinski definition) is 1. The lowest BCUT2D eigenvalue weighted by Gasteiger charge is -2.18. The lowest BCUT2D eigenvalue weighted by molar-refractivity contribution is 0.257. The van der Waals surface area contributed by atoms with E-state index in [1.165, 1.54) is 18.2 Å². The Morgan fingerprint density at radius 3 is 2.80 bits per heavy atom. The number of urea groups is 1. The summed E-state index contributed by atoms with van der Waals surface area (Å²) in [6, 6.07) is 11.6. The maximum Gasteiger partial charge on any atom is 0.326 e. The minimum Gasteiger partial charge on any atom is -0.304 e. The molecule has 1 heterocycles. The number of para-hydroxylation sites is 2. The van der Waals surface area contributed by atoms with Crippen LogP contribution in [0.4, 0.5) is 20.6 Å². The average molecular weight is 291 g/mol. The van der Waals surface area contributed by atoms with Gasteiger partial charge in [-0.15, -0.1) is 0 Å². The van der Waals surface area contributed by atoms with Crippen molar-refractivity contribution in [1.29, 1.82) is 0 Å². The molecule has 2 aromatic rings. The van der Waals surface area contributed by atoms with E-state index in [-0.39, 0.29) is 16.7 Å². The summed E-state index contributed by atoms with van der Waals surface area (Å²) >= 11 is 5.91. The molecule has 0 saturated carbocycles. The molecule has 0 unspecified atom stereocenters. The Kier molecular flexibility index (Phi) is 3.32. The van der Waals surface area contributed by atoms with Crippen molar-refractivity contribution in [3.63, 3.8) is 0 Å². The molecule has 5 heteroatoms. The molecule has 0 radical (unpaired) electrons. The number of nitrogens with zero attached hydrogens (tertiary/aromatic N) is 1. The van der Waals surface area contributed by atoms with Crippen LogP contribution in [0.1, 0.15) is 5.56 Å². The van der Waals surface area contributed by atoms with E-state index < -0.39 is 5.82 Å². The van der Waals surface area contributed by atoms with E-state index in [1.807, 2.05) is 24.3 Å². The van der Waals surface area contributed by atoms with Gasteiger partial charge in [0, 0.05) is 12.2 Å². The first-order valence-corrected chi connectivity index (χ1v) is 6.65. The number of halogens is 2. The van der Waals surface area contributed by atoms with Crippen molar-refractivity contribution in [2.75, 3.05) is 16.8 Å². The summed E-state index contributed by atoms with van der Waals surface area (Å²) in [4.78, 5) is 13.9. The molecule has 0 aliphatic carbocycles. The van der Waals surface area contributed by atoms with Gasteiger partial charge in [-0.1, -0.05) is 35.9 Å². The van der Waals surface area contributed by atoms with E-state index in [2.05, 4.69) is 5.32 Å². The summed E-state index contributed by atoms with van der Waals surface area (Å²) in [6.45, 7) is 0.581. The molecule has 2 amide bonds. The normalized spacial score (nSPS) is 13.2. The molecule has 3 rings (SSSR count). The van der Waals surface area contributed by atoms with Crippen LogP contribution in [0.5, 0.6) is 0 Å². The molecule has 0 atom stereocenters. The second-order valence-electron chi connectivity index (χ2n) is 4.56. The van der Waals surface area contributed by atoms with Crippen molar-refractivity contribution < 1.29 is 9.18 Å². The van der Waals surface area contributed by atoms with Crippen LogP contribution in [0.15, 0.2) is 42.5 Å². The van der Waals surface area contributed by atoms with Crippen LogP contribution in [-0.4, -0.2) is 12.6 Å². The molecule has 102 valence electrons. The van der Waals surface area contributed by atoms with Gasteiger partial charge in [0.1, 0.15) is 5.82 Å². The van der Waals surface area contributed by atoms with E-state index in [0.29, 0.717) is 6.54 Å². The number of amides is 2. The highest BCUT2D eigenvalue weighted by atomic mass is 35.5. The van der Waals surface area contributed by atoms with Crippen LogP contribution in [0.2, 0.25) is 5.02 Å². The predicted molar refractivity (Wildman–Crippen MR) is 77.9 cm³/mol. The van der Waals surface area contributed by atoms with Gasteiger partial charge in [0.2, 0.25) is 0 Å². The van der Waals surface area contributed by atoms with Crippen LogP contribution >= 0.6 is 11.6 Å². The van der Waals surface area contributed by atoms with Gasteiger partial charge in [-0.25, -0.2) is 9.18 Å². The van der Waals surface area contributed by atoms with Gasteiger partial charge >= 0.3 is 6.03 Å². The molecular formula is C15H12ClFN2O. The maximum atomic E-state index is 13.7. The van der Waals surface area contributed by atoms with Gasteiger partial charge in [-0.2, -0.15) is 0 Å². The highest BCUT2D eigenvalue weighted by Gasteiger charge is 2.25. The third-order valence-corrected chi connectivity index (χ3v) is 3.64. The van der Waals surface area contributed by atoms with E-state index in [0.717, 1.165) is 17.7 Å². The number of rotatable bonds is 1. The molecule has 1 aliphatic rings. The first kappa shape index (κ1) is 12.9. The predicted octanol–water partition coefficient (Wildman–Crippen LogP) is 4.07. The summed E-state index contributed by atoms with van der Waals surface area (Å²) in [6.07, 6.45) is 0.800. The Labute approximate surface area is 121 Å². The van der Waals surface area contributed by atoms with Gasteiger partial charge in [-0.05, 0) is 30.2 Å². The van der Waals surface area contributed by atoms with Crippen LogP contribution < -0.4 is 10.2 Å². The van der Waals surface area contributed by atoms with Crippen molar-refractivity contribution in [3.8, 4) is 0 Å². The van der Waals surface area contributed by atoms with Crippen molar-refractivity contribution >= 4 is 29.0 Å². The molecule has 3 nitrogen and oxygen atoms in total. The van der Waals surface area contributed by atoms with E-state index in [4.69, 9.17) is 11.6 Å². The summed E-state index contributed by atoms with van der Waals surface area (Å²) < 4.78 is 13.7. The van der Waals surface area contributed by atoms with Gasteiger partial charge in [0.05, 0.1) is 10.7 Å². The Bertz CT molecular complexity index is 654. The quantitative estimate of drug-likeness (QED) is 0.843. The molecule has 0 spiro atoms. The minimum absolute atomic E-state index is 0.0172. The second-order valence-corrected chi connectivity index (χ2v) is 4.96. The second kappa shape index (κ2) is 5.13. The third-order valence-electron chi connectivity index (χ3n) is 3.33. The average Bonchev–Trinajstić information content (AvgIpc) is 2.87. The lowest BCUT2D eigenvalue weighted by Crippen LogP contribution is -2.33. The molecule has 0 fully saturated rings. The first-order valence-electron chi connectivity index (χ1n) is 6.27. The molecule has 2 aromatic carbocycles. The Morgan fingerprint density at radius 1 is 1.20 bits per heavy atom. The monoisotopic (exact) mass is 290 g/mol. The van der Waals surface area contributed by atoms with Crippen molar-refractivity contribution in [3.05, 3.63) is 58.9 Å². The van der Waals surface area contributed by atoms with Crippen molar-refractivity contribution in [2.24, 2.45) is 0 Å². The van der Waals surface area contributed by atoms with Gasteiger partial charge < -0.3 is 5.32 Å². The van der Waals surface area contributed by atoms with Crippen molar-refractivity contribution in [2.45, 2.75) is 6.42 Å². The van der Waals surface area contributed by atoms with E-state index in [1.54, 1.807) is 4.90 Å². The Balaban J connectivity index is 1.85. The number of nitrogens with one attached hydrogen (secondary N) is 1. The van der Waals surface area contributed by atoms with Crippen molar-refractivity contribution in [1.82, 2.24) is 0 Å².